The lowest BCUT2D eigenvalue weighted by molar-refractivity contribution is 0.0764. The predicted octanol–water partition coefficient (Wildman–Crippen LogP) is 0.305. The molecular weight excluding hydrogens is 210 g/mol. The van der Waals surface area contributed by atoms with Crippen molar-refractivity contribution in [1.29, 1.82) is 0 Å². The van der Waals surface area contributed by atoms with Gasteiger partial charge < -0.3 is 20.2 Å². The Morgan fingerprint density at radius 2 is 1.88 bits per heavy atom. The molecule has 1 aromatic carbocycles. The maximum atomic E-state index is 11.9. The molecule has 1 aliphatic rings. The van der Waals surface area contributed by atoms with Crippen molar-refractivity contribution in [2.45, 2.75) is 12.5 Å². The number of likely N-dealkylation sites (tertiary alicyclic amines) is 1. The molecule has 0 bridgehead atoms. The Morgan fingerprint density at radius 3 is 2.38 bits per heavy atom. The number of aliphatic hydroxyl groups excluding tert-OH is 1. The zero-order valence-electron chi connectivity index (χ0n) is 8.63. The summed E-state index contributed by atoms with van der Waals surface area (Å²) in [5.41, 5.74) is 0.228. The average Bonchev–Trinajstić information content (AvgIpc) is 2.62. The van der Waals surface area contributed by atoms with Crippen molar-refractivity contribution in [3.8, 4) is 11.5 Å². The van der Waals surface area contributed by atoms with E-state index in [0.717, 1.165) is 6.07 Å². The fourth-order valence-electron chi connectivity index (χ4n) is 1.83. The smallest absolute Gasteiger partial charge is 0.254 e. The second-order valence-electron chi connectivity index (χ2n) is 3.93. The van der Waals surface area contributed by atoms with E-state index in [4.69, 9.17) is 0 Å². The Hall–Kier alpha value is -1.75. The van der Waals surface area contributed by atoms with Gasteiger partial charge in [-0.15, -0.1) is 0 Å². The van der Waals surface area contributed by atoms with E-state index >= 15 is 0 Å². The maximum Gasteiger partial charge on any atom is 0.254 e. The molecule has 0 spiro atoms. The van der Waals surface area contributed by atoms with E-state index in [1.807, 2.05) is 0 Å². The summed E-state index contributed by atoms with van der Waals surface area (Å²) < 4.78 is 0. The number of amides is 1. The van der Waals surface area contributed by atoms with Crippen LogP contribution in [0.3, 0.4) is 0 Å². The number of rotatable bonds is 1. The largest absolute Gasteiger partial charge is 0.508 e. The standard InChI is InChI=1S/C11H13NO4/c13-8-1-2-12(6-8)11(16)7-3-9(14)5-10(15)4-7/h3-5,8,13-15H,1-2,6H2/t8-/m0/s1. The van der Waals surface area contributed by atoms with Crippen LogP contribution >= 0.6 is 0 Å². The minimum atomic E-state index is -0.477. The summed E-state index contributed by atoms with van der Waals surface area (Å²) in [6.45, 7) is 0.797. The number of carbonyl (C=O) groups excluding carboxylic acids is 1. The van der Waals surface area contributed by atoms with Crippen molar-refractivity contribution in [1.82, 2.24) is 4.90 Å². The number of aliphatic hydroxyl groups is 1. The van der Waals surface area contributed by atoms with Gasteiger partial charge in [0, 0.05) is 24.7 Å². The molecule has 1 amide bonds. The average molecular weight is 223 g/mol. The number of aromatic hydroxyl groups is 2. The van der Waals surface area contributed by atoms with Crippen LogP contribution in [0.2, 0.25) is 0 Å². The number of carbonyl (C=O) groups is 1. The summed E-state index contributed by atoms with van der Waals surface area (Å²) in [5, 5.41) is 27.8. The number of benzene rings is 1. The highest BCUT2D eigenvalue weighted by Gasteiger charge is 2.25. The molecule has 1 heterocycles. The van der Waals surface area contributed by atoms with Crippen molar-refractivity contribution in [2.24, 2.45) is 0 Å². The van der Waals surface area contributed by atoms with Crippen LogP contribution in [0.15, 0.2) is 18.2 Å². The van der Waals surface area contributed by atoms with Gasteiger partial charge in [0.1, 0.15) is 11.5 Å². The van der Waals surface area contributed by atoms with Gasteiger partial charge in [0.25, 0.3) is 5.91 Å². The van der Waals surface area contributed by atoms with Gasteiger partial charge in [0.15, 0.2) is 0 Å². The van der Waals surface area contributed by atoms with Gasteiger partial charge in [0.05, 0.1) is 6.10 Å². The van der Waals surface area contributed by atoms with E-state index in [9.17, 15) is 20.1 Å². The number of phenols is 2. The summed E-state index contributed by atoms with van der Waals surface area (Å²) in [4.78, 5) is 13.4. The topological polar surface area (TPSA) is 81.0 Å². The Kier molecular flexibility index (Phi) is 2.70. The SMILES string of the molecule is O=C(c1cc(O)cc(O)c1)N1CC[C@H](O)C1. The molecule has 2 rings (SSSR count). The Bertz CT molecular complexity index is 398. The minimum Gasteiger partial charge on any atom is -0.508 e. The third-order valence-corrected chi connectivity index (χ3v) is 2.60. The van der Waals surface area contributed by atoms with Gasteiger partial charge in [-0.05, 0) is 18.6 Å². The molecule has 0 aliphatic carbocycles. The van der Waals surface area contributed by atoms with E-state index in [1.165, 1.54) is 17.0 Å². The van der Waals surface area contributed by atoms with Crippen molar-refractivity contribution in [3.63, 3.8) is 0 Å². The van der Waals surface area contributed by atoms with Crippen LogP contribution in [0.4, 0.5) is 0 Å². The van der Waals surface area contributed by atoms with Crippen molar-refractivity contribution >= 4 is 5.91 Å². The van der Waals surface area contributed by atoms with Gasteiger partial charge in [-0.2, -0.15) is 0 Å². The lowest BCUT2D eigenvalue weighted by atomic mass is 10.2. The first kappa shape index (κ1) is 10.8. The molecule has 1 atom stereocenters. The highest BCUT2D eigenvalue weighted by Crippen LogP contribution is 2.22. The number of β-amino-alcohol motifs (C(OH)–C–C–N with tert-alkyl or cyclic N) is 1. The summed E-state index contributed by atoms with van der Waals surface area (Å²) in [6, 6.07) is 3.76. The third kappa shape index (κ3) is 2.09. The van der Waals surface area contributed by atoms with Crippen molar-refractivity contribution in [3.05, 3.63) is 23.8 Å². The van der Waals surface area contributed by atoms with E-state index in [0.29, 0.717) is 19.5 Å². The normalized spacial score (nSPS) is 20.1. The fourth-order valence-corrected chi connectivity index (χ4v) is 1.83. The van der Waals surface area contributed by atoms with Gasteiger partial charge in [-0.1, -0.05) is 0 Å². The van der Waals surface area contributed by atoms with E-state index in [-0.39, 0.29) is 23.0 Å². The van der Waals surface area contributed by atoms with Crippen LogP contribution in [0.25, 0.3) is 0 Å². The fraction of sp³-hybridized carbons (Fsp3) is 0.364. The predicted molar refractivity (Wildman–Crippen MR) is 56.3 cm³/mol. The molecule has 1 aromatic rings. The van der Waals surface area contributed by atoms with Gasteiger partial charge in [-0.25, -0.2) is 0 Å². The van der Waals surface area contributed by atoms with Crippen LogP contribution < -0.4 is 0 Å². The highest BCUT2D eigenvalue weighted by molar-refractivity contribution is 5.95. The molecule has 5 nitrogen and oxygen atoms in total. The van der Waals surface area contributed by atoms with Crippen molar-refractivity contribution < 1.29 is 20.1 Å². The molecule has 86 valence electrons. The van der Waals surface area contributed by atoms with Gasteiger partial charge >= 0.3 is 0 Å². The second-order valence-corrected chi connectivity index (χ2v) is 3.93. The summed E-state index contributed by atoms with van der Waals surface area (Å²) in [6.07, 6.45) is 0.0890. The molecular formula is C11H13NO4. The molecule has 0 unspecified atom stereocenters. The molecule has 0 radical (unpaired) electrons. The molecule has 0 saturated carbocycles. The molecule has 1 saturated heterocycles. The first-order chi connectivity index (χ1) is 7.56. The summed E-state index contributed by atoms with van der Waals surface area (Å²) in [7, 11) is 0. The Morgan fingerprint density at radius 1 is 1.25 bits per heavy atom. The first-order valence-electron chi connectivity index (χ1n) is 5.06. The molecule has 1 fully saturated rings. The zero-order chi connectivity index (χ0) is 11.7. The number of hydrogen-bond donors (Lipinski definition) is 3. The lowest BCUT2D eigenvalue weighted by Crippen LogP contribution is -2.29. The Balaban J connectivity index is 2.20. The monoisotopic (exact) mass is 223 g/mol. The van der Waals surface area contributed by atoms with Gasteiger partial charge in [0.2, 0.25) is 0 Å². The van der Waals surface area contributed by atoms with Gasteiger partial charge in [-0.3, -0.25) is 4.79 Å². The third-order valence-electron chi connectivity index (χ3n) is 2.60. The molecule has 0 aromatic heterocycles. The van der Waals surface area contributed by atoms with Crippen LogP contribution in [0.5, 0.6) is 11.5 Å². The van der Waals surface area contributed by atoms with Crippen LogP contribution in [-0.2, 0) is 0 Å². The lowest BCUT2D eigenvalue weighted by Gasteiger charge is -2.15. The van der Waals surface area contributed by atoms with E-state index < -0.39 is 6.10 Å². The van der Waals surface area contributed by atoms with Crippen LogP contribution in [0, 0.1) is 0 Å². The molecule has 16 heavy (non-hydrogen) atoms. The molecule has 5 heteroatoms. The number of phenolic OH excluding ortho intramolecular Hbond substituents is 2. The maximum absolute atomic E-state index is 11.9. The molecule has 1 aliphatic heterocycles. The zero-order valence-corrected chi connectivity index (χ0v) is 8.63. The second kappa shape index (κ2) is 4.02. The number of hydrogen-bond acceptors (Lipinski definition) is 4. The van der Waals surface area contributed by atoms with E-state index in [1.54, 1.807) is 0 Å². The van der Waals surface area contributed by atoms with Crippen molar-refractivity contribution in [2.75, 3.05) is 13.1 Å². The highest BCUT2D eigenvalue weighted by atomic mass is 16.3. The first-order valence-corrected chi connectivity index (χ1v) is 5.06. The van der Waals surface area contributed by atoms with Crippen LogP contribution in [0.1, 0.15) is 16.8 Å². The Labute approximate surface area is 92.6 Å². The quantitative estimate of drug-likeness (QED) is 0.639. The van der Waals surface area contributed by atoms with E-state index in [2.05, 4.69) is 0 Å². The summed E-state index contributed by atoms with van der Waals surface area (Å²) >= 11 is 0. The number of nitrogens with zero attached hydrogens (tertiary/aromatic N) is 1. The summed E-state index contributed by atoms with van der Waals surface area (Å²) in [5.74, 6) is -0.589. The molecule has 3 N–H and O–H groups in total. The van der Waals surface area contributed by atoms with Crippen LogP contribution in [-0.4, -0.2) is 45.3 Å². The minimum absolute atomic E-state index is 0.150.